The van der Waals surface area contributed by atoms with Gasteiger partial charge in [-0.15, -0.1) is 0 Å². The Morgan fingerprint density at radius 2 is 2.21 bits per heavy atom. The molecule has 4 nitrogen and oxygen atoms in total. The van der Waals surface area contributed by atoms with Crippen molar-refractivity contribution >= 4 is 21.9 Å². The lowest BCUT2D eigenvalue weighted by atomic mass is 10.3. The van der Waals surface area contributed by atoms with E-state index in [-0.39, 0.29) is 0 Å². The fourth-order valence-electron chi connectivity index (χ4n) is 1.88. The lowest BCUT2D eigenvalue weighted by Crippen LogP contribution is -2.13. The summed E-state index contributed by atoms with van der Waals surface area (Å²) in [7, 11) is 0. The number of hydrogen-bond acceptors (Lipinski definition) is 2. The number of aromatic carboxylic acids is 1. The van der Waals surface area contributed by atoms with Gasteiger partial charge in [0.25, 0.3) is 0 Å². The maximum Gasteiger partial charge on any atom is 0.352 e. The van der Waals surface area contributed by atoms with Gasteiger partial charge in [-0.1, -0.05) is 22.0 Å². The summed E-state index contributed by atoms with van der Waals surface area (Å²) in [6.07, 6.45) is 1.77. The number of carbonyl (C=O) groups is 1. The van der Waals surface area contributed by atoms with Crippen molar-refractivity contribution in [1.82, 2.24) is 4.57 Å². The average Bonchev–Trinajstić information content (AvgIpc) is 2.71. The minimum absolute atomic E-state index is 0.317. The van der Waals surface area contributed by atoms with Crippen molar-refractivity contribution in [3.63, 3.8) is 0 Å². The van der Waals surface area contributed by atoms with Crippen LogP contribution in [0.3, 0.4) is 0 Å². The predicted octanol–water partition coefficient (Wildman–Crippen LogP) is 3.34. The number of ether oxygens (including phenoxy) is 1. The molecule has 100 valence electrons. The molecule has 19 heavy (non-hydrogen) atoms. The lowest BCUT2D eigenvalue weighted by Gasteiger charge is -2.09. The van der Waals surface area contributed by atoms with Gasteiger partial charge in [0.15, 0.2) is 0 Å². The van der Waals surface area contributed by atoms with Crippen LogP contribution in [-0.2, 0) is 6.54 Å². The molecule has 0 saturated carbocycles. The van der Waals surface area contributed by atoms with Gasteiger partial charge in [-0.3, -0.25) is 0 Å². The summed E-state index contributed by atoms with van der Waals surface area (Å²) in [5, 5.41) is 9.12. The number of hydrogen-bond donors (Lipinski definition) is 1. The average molecular weight is 324 g/mol. The molecule has 2 aromatic rings. The lowest BCUT2D eigenvalue weighted by molar-refractivity contribution is 0.0683. The largest absolute Gasteiger partial charge is 0.492 e. The zero-order valence-electron chi connectivity index (χ0n) is 10.5. The second kappa shape index (κ2) is 5.93. The normalized spacial score (nSPS) is 10.4. The van der Waals surface area contributed by atoms with Gasteiger partial charge < -0.3 is 14.4 Å². The molecule has 0 aliphatic carbocycles. The second-order valence-corrected chi connectivity index (χ2v) is 5.07. The van der Waals surface area contributed by atoms with Crippen molar-refractivity contribution in [2.24, 2.45) is 0 Å². The zero-order chi connectivity index (χ0) is 13.8. The first kappa shape index (κ1) is 13.7. The Bertz CT molecular complexity index is 592. The van der Waals surface area contributed by atoms with Gasteiger partial charge in [-0.2, -0.15) is 0 Å². The van der Waals surface area contributed by atoms with E-state index in [4.69, 9.17) is 9.84 Å². The topological polar surface area (TPSA) is 51.5 Å². The number of benzene rings is 1. The quantitative estimate of drug-likeness (QED) is 0.918. The van der Waals surface area contributed by atoms with Gasteiger partial charge in [-0.05, 0) is 36.8 Å². The number of halogens is 1. The van der Waals surface area contributed by atoms with Crippen molar-refractivity contribution in [3.05, 3.63) is 52.3 Å². The Kier molecular flexibility index (Phi) is 4.27. The van der Waals surface area contributed by atoms with Gasteiger partial charge >= 0.3 is 5.97 Å². The molecule has 5 heteroatoms. The SMILES string of the molecule is Cc1ccn(CCOc2cccc(Br)c2)c1C(=O)O. The molecule has 0 atom stereocenters. The fraction of sp³-hybridized carbons (Fsp3) is 0.214. The van der Waals surface area contributed by atoms with Gasteiger partial charge in [0, 0.05) is 10.7 Å². The third-order valence-electron chi connectivity index (χ3n) is 2.76. The fourth-order valence-corrected chi connectivity index (χ4v) is 2.26. The predicted molar refractivity (Wildman–Crippen MR) is 75.8 cm³/mol. The zero-order valence-corrected chi connectivity index (χ0v) is 12.1. The smallest absolute Gasteiger partial charge is 0.352 e. The molecule has 0 radical (unpaired) electrons. The summed E-state index contributed by atoms with van der Waals surface area (Å²) >= 11 is 3.37. The van der Waals surface area contributed by atoms with Crippen molar-refractivity contribution in [1.29, 1.82) is 0 Å². The first-order chi connectivity index (χ1) is 9.08. The Morgan fingerprint density at radius 1 is 1.42 bits per heavy atom. The summed E-state index contributed by atoms with van der Waals surface area (Å²) in [4.78, 5) is 11.1. The van der Waals surface area contributed by atoms with E-state index in [1.807, 2.05) is 24.3 Å². The highest BCUT2D eigenvalue weighted by molar-refractivity contribution is 9.10. The maximum atomic E-state index is 11.1. The van der Waals surface area contributed by atoms with E-state index in [2.05, 4.69) is 15.9 Å². The van der Waals surface area contributed by atoms with Gasteiger partial charge in [-0.25, -0.2) is 4.79 Å². The van der Waals surface area contributed by atoms with E-state index in [1.54, 1.807) is 23.8 Å². The summed E-state index contributed by atoms with van der Waals surface area (Å²) < 4.78 is 8.23. The first-order valence-electron chi connectivity index (χ1n) is 5.85. The van der Waals surface area contributed by atoms with Crippen LogP contribution in [0.1, 0.15) is 16.1 Å². The van der Waals surface area contributed by atoms with Crippen LogP contribution in [0, 0.1) is 6.92 Å². The van der Waals surface area contributed by atoms with Crippen LogP contribution in [0.15, 0.2) is 41.0 Å². The minimum atomic E-state index is -0.912. The minimum Gasteiger partial charge on any atom is -0.492 e. The molecular weight excluding hydrogens is 310 g/mol. The highest BCUT2D eigenvalue weighted by atomic mass is 79.9. The van der Waals surface area contributed by atoms with Crippen molar-refractivity contribution in [3.8, 4) is 5.75 Å². The second-order valence-electron chi connectivity index (χ2n) is 4.15. The molecule has 2 rings (SSSR count). The molecule has 1 aromatic heterocycles. The Hall–Kier alpha value is -1.75. The van der Waals surface area contributed by atoms with Crippen molar-refractivity contribution < 1.29 is 14.6 Å². The number of carboxylic acids is 1. The first-order valence-corrected chi connectivity index (χ1v) is 6.64. The highest BCUT2D eigenvalue weighted by Gasteiger charge is 2.12. The molecule has 1 N–H and O–H groups in total. The summed E-state index contributed by atoms with van der Waals surface area (Å²) in [5.41, 5.74) is 1.08. The molecule has 0 saturated heterocycles. The van der Waals surface area contributed by atoms with E-state index >= 15 is 0 Å². The van der Waals surface area contributed by atoms with Crippen LogP contribution >= 0.6 is 15.9 Å². The third kappa shape index (κ3) is 3.38. The Morgan fingerprint density at radius 3 is 2.89 bits per heavy atom. The molecule has 0 fully saturated rings. The van der Waals surface area contributed by atoms with Crippen LogP contribution in [0.2, 0.25) is 0 Å². The number of aryl methyl sites for hydroxylation is 1. The Balaban J connectivity index is 1.98. The monoisotopic (exact) mass is 323 g/mol. The summed E-state index contributed by atoms with van der Waals surface area (Å²) in [6.45, 7) is 2.71. The van der Waals surface area contributed by atoms with Crippen molar-refractivity contribution in [2.75, 3.05) is 6.61 Å². The van der Waals surface area contributed by atoms with Crippen LogP contribution in [0.4, 0.5) is 0 Å². The number of nitrogens with zero attached hydrogens (tertiary/aromatic N) is 1. The molecule has 0 bridgehead atoms. The van der Waals surface area contributed by atoms with Crippen LogP contribution in [0.25, 0.3) is 0 Å². The van der Waals surface area contributed by atoms with Crippen molar-refractivity contribution in [2.45, 2.75) is 13.5 Å². The van der Waals surface area contributed by atoms with Crippen LogP contribution < -0.4 is 4.74 Å². The number of aromatic nitrogens is 1. The van der Waals surface area contributed by atoms with E-state index in [0.29, 0.717) is 18.8 Å². The number of carboxylic acid groups (broad SMARTS) is 1. The maximum absolute atomic E-state index is 11.1. The standard InChI is InChI=1S/C14H14BrNO3/c1-10-5-6-16(13(10)14(17)18)7-8-19-12-4-2-3-11(15)9-12/h2-6,9H,7-8H2,1H3,(H,17,18). The Labute approximate surface area is 119 Å². The van der Waals surface area contributed by atoms with E-state index < -0.39 is 5.97 Å². The van der Waals surface area contributed by atoms with E-state index in [1.165, 1.54) is 0 Å². The number of rotatable bonds is 5. The molecule has 1 aromatic carbocycles. The van der Waals surface area contributed by atoms with E-state index in [9.17, 15) is 4.79 Å². The third-order valence-corrected chi connectivity index (χ3v) is 3.26. The summed E-state index contributed by atoms with van der Waals surface area (Å²) in [5.74, 6) is -0.153. The molecular formula is C14H14BrNO3. The molecule has 0 amide bonds. The highest BCUT2D eigenvalue weighted by Crippen LogP contribution is 2.18. The molecule has 0 unspecified atom stereocenters. The van der Waals surface area contributed by atoms with Gasteiger partial charge in [0.05, 0.1) is 6.54 Å². The molecule has 0 aliphatic heterocycles. The van der Waals surface area contributed by atoms with Crippen LogP contribution in [-0.4, -0.2) is 22.2 Å². The molecule has 1 heterocycles. The molecule has 0 spiro atoms. The summed E-state index contributed by atoms with van der Waals surface area (Å²) in [6, 6.07) is 9.35. The van der Waals surface area contributed by atoms with Gasteiger partial charge in [0.1, 0.15) is 18.1 Å². The van der Waals surface area contributed by atoms with E-state index in [0.717, 1.165) is 15.8 Å². The molecule has 0 aliphatic rings. The van der Waals surface area contributed by atoms with Crippen LogP contribution in [0.5, 0.6) is 5.75 Å². The van der Waals surface area contributed by atoms with Gasteiger partial charge in [0.2, 0.25) is 0 Å².